The van der Waals surface area contributed by atoms with Gasteiger partial charge < -0.3 is 10.2 Å². The molecule has 0 radical (unpaired) electrons. The molecule has 1 amide bonds. The largest absolute Gasteiger partial charge is 0.310 e. The Labute approximate surface area is 164 Å². The van der Waals surface area contributed by atoms with Crippen LogP contribution in [0.1, 0.15) is 6.92 Å². The van der Waals surface area contributed by atoms with E-state index in [2.05, 4.69) is 37.3 Å². The molecule has 1 saturated heterocycles. The molecule has 1 N–H and O–H groups in total. The van der Waals surface area contributed by atoms with E-state index < -0.39 is 0 Å². The van der Waals surface area contributed by atoms with Crippen LogP contribution in [0.4, 0.5) is 5.82 Å². The average Bonchev–Trinajstić information content (AvgIpc) is 3.14. The number of nitrogens with one attached hydrogen (secondary N) is 1. The number of carbonyl (C=O) groups is 1. The Morgan fingerprint density at radius 3 is 2.61 bits per heavy atom. The van der Waals surface area contributed by atoms with Gasteiger partial charge in [0.05, 0.1) is 12.7 Å². The van der Waals surface area contributed by atoms with E-state index in [0.717, 1.165) is 54.8 Å². The van der Waals surface area contributed by atoms with Crippen molar-refractivity contribution >= 4 is 22.5 Å². The van der Waals surface area contributed by atoms with Gasteiger partial charge >= 0.3 is 0 Å². The lowest BCUT2D eigenvalue weighted by atomic mass is 10.1. The molecule has 8 nitrogen and oxygen atoms in total. The van der Waals surface area contributed by atoms with Crippen LogP contribution in [0, 0.1) is 0 Å². The standard InChI is InChI=1S/C20H25N7O/c1-3-26-6-8-27(9-7-26)14-20(28)22-19-11-17-10-15(4-5-16(17)12-21-19)18-13-25(2)24-23-18/h4-5,10-13H,3,6-9,14H2,1-2H3,(H,21,22,28). The lowest BCUT2D eigenvalue weighted by molar-refractivity contribution is -0.117. The van der Waals surface area contributed by atoms with Crippen LogP contribution < -0.4 is 5.32 Å². The van der Waals surface area contributed by atoms with Crippen molar-refractivity contribution in [3.8, 4) is 11.3 Å². The molecular formula is C20H25N7O. The van der Waals surface area contributed by atoms with Gasteiger partial charge in [-0.15, -0.1) is 5.10 Å². The summed E-state index contributed by atoms with van der Waals surface area (Å²) in [5.74, 6) is 0.544. The van der Waals surface area contributed by atoms with Crippen molar-refractivity contribution < 1.29 is 4.79 Å². The molecule has 0 saturated carbocycles. The molecule has 0 spiro atoms. The summed E-state index contributed by atoms with van der Waals surface area (Å²) in [5.41, 5.74) is 1.80. The number of pyridine rings is 1. The van der Waals surface area contributed by atoms with E-state index in [-0.39, 0.29) is 5.91 Å². The highest BCUT2D eigenvalue weighted by atomic mass is 16.2. The van der Waals surface area contributed by atoms with Gasteiger partial charge in [0.25, 0.3) is 0 Å². The summed E-state index contributed by atoms with van der Waals surface area (Å²) in [6, 6.07) is 7.95. The third kappa shape index (κ3) is 4.18. The van der Waals surface area contributed by atoms with Crippen LogP contribution in [0.25, 0.3) is 22.0 Å². The molecular weight excluding hydrogens is 354 g/mol. The summed E-state index contributed by atoms with van der Waals surface area (Å²) >= 11 is 0. The fourth-order valence-corrected chi connectivity index (χ4v) is 3.50. The van der Waals surface area contributed by atoms with Crippen molar-refractivity contribution in [3.05, 3.63) is 36.7 Å². The normalized spacial score (nSPS) is 15.8. The van der Waals surface area contributed by atoms with Crippen LogP contribution in [-0.4, -0.2) is 75.0 Å². The van der Waals surface area contributed by atoms with Crippen molar-refractivity contribution in [2.45, 2.75) is 6.92 Å². The molecule has 2 aromatic heterocycles. The number of piperazine rings is 1. The number of aromatic nitrogens is 4. The van der Waals surface area contributed by atoms with E-state index in [9.17, 15) is 4.79 Å². The average molecular weight is 379 g/mol. The lowest BCUT2D eigenvalue weighted by Gasteiger charge is -2.33. The van der Waals surface area contributed by atoms with Gasteiger partial charge in [0.2, 0.25) is 5.91 Å². The number of benzene rings is 1. The van der Waals surface area contributed by atoms with Crippen LogP contribution >= 0.6 is 0 Å². The maximum atomic E-state index is 12.4. The number of anilines is 1. The Kier molecular flexibility index (Phi) is 5.31. The highest BCUT2D eigenvalue weighted by Gasteiger charge is 2.18. The molecule has 0 bridgehead atoms. The van der Waals surface area contributed by atoms with Crippen molar-refractivity contribution in [3.63, 3.8) is 0 Å². The maximum Gasteiger partial charge on any atom is 0.239 e. The second-order valence-electron chi connectivity index (χ2n) is 7.17. The Morgan fingerprint density at radius 2 is 1.89 bits per heavy atom. The molecule has 4 rings (SSSR count). The second-order valence-corrected chi connectivity index (χ2v) is 7.17. The number of hydrogen-bond acceptors (Lipinski definition) is 6. The van der Waals surface area contributed by atoms with Gasteiger partial charge in [-0.2, -0.15) is 0 Å². The molecule has 28 heavy (non-hydrogen) atoms. The zero-order chi connectivity index (χ0) is 19.5. The molecule has 3 heterocycles. The SMILES string of the molecule is CCN1CCN(CC(=O)Nc2cc3cc(-c4cn(C)nn4)ccc3cn2)CC1. The van der Waals surface area contributed by atoms with Gasteiger partial charge in [0.15, 0.2) is 0 Å². The Balaban J connectivity index is 1.44. The predicted molar refractivity (Wildman–Crippen MR) is 109 cm³/mol. The van der Waals surface area contributed by atoms with Crippen molar-refractivity contribution in [1.29, 1.82) is 0 Å². The van der Waals surface area contributed by atoms with Crippen molar-refractivity contribution in [1.82, 2.24) is 29.8 Å². The molecule has 0 unspecified atom stereocenters. The molecule has 0 aliphatic carbocycles. The fraction of sp³-hybridized carbons (Fsp3) is 0.400. The summed E-state index contributed by atoms with van der Waals surface area (Å²) in [4.78, 5) is 21.4. The summed E-state index contributed by atoms with van der Waals surface area (Å²) in [6.07, 6.45) is 3.66. The number of hydrogen-bond donors (Lipinski definition) is 1. The van der Waals surface area contributed by atoms with Crippen LogP contribution in [-0.2, 0) is 11.8 Å². The second kappa shape index (κ2) is 8.04. The third-order valence-corrected chi connectivity index (χ3v) is 5.17. The number of fused-ring (bicyclic) bond motifs is 1. The van der Waals surface area contributed by atoms with E-state index in [1.807, 2.05) is 37.5 Å². The van der Waals surface area contributed by atoms with E-state index >= 15 is 0 Å². The van der Waals surface area contributed by atoms with Crippen molar-refractivity contribution in [2.24, 2.45) is 7.05 Å². The first-order chi connectivity index (χ1) is 13.6. The first-order valence-corrected chi connectivity index (χ1v) is 9.62. The molecule has 0 atom stereocenters. The van der Waals surface area contributed by atoms with Crippen LogP contribution in [0.3, 0.4) is 0 Å². The van der Waals surface area contributed by atoms with E-state index in [0.29, 0.717) is 12.4 Å². The van der Waals surface area contributed by atoms with E-state index in [4.69, 9.17) is 0 Å². The smallest absolute Gasteiger partial charge is 0.239 e. The van der Waals surface area contributed by atoms with E-state index in [1.54, 1.807) is 10.9 Å². The van der Waals surface area contributed by atoms with Gasteiger partial charge in [-0.3, -0.25) is 14.4 Å². The number of amides is 1. The van der Waals surface area contributed by atoms with Crippen LogP contribution in [0.2, 0.25) is 0 Å². The Bertz CT molecular complexity index is 976. The number of aryl methyl sites for hydroxylation is 1. The zero-order valence-corrected chi connectivity index (χ0v) is 16.3. The summed E-state index contributed by atoms with van der Waals surface area (Å²) in [6.45, 7) is 7.52. The quantitative estimate of drug-likeness (QED) is 0.726. The summed E-state index contributed by atoms with van der Waals surface area (Å²) in [7, 11) is 1.84. The van der Waals surface area contributed by atoms with Crippen LogP contribution in [0.15, 0.2) is 36.7 Å². The van der Waals surface area contributed by atoms with Crippen LogP contribution in [0.5, 0.6) is 0 Å². The first-order valence-electron chi connectivity index (χ1n) is 9.62. The maximum absolute atomic E-state index is 12.4. The predicted octanol–water partition coefficient (Wildman–Crippen LogP) is 1.61. The number of carbonyl (C=O) groups excluding carboxylic acids is 1. The first kappa shape index (κ1) is 18.5. The van der Waals surface area contributed by atoms with Gasteiger partial charge in [0, 0.05) is 50.4 Å². The fourth-order valence-electron chi connectivity index (χ4n) is 3.50. The minimum absolute atomic E-state index is 0.0260. The van der Waals surface area contributed by atoms with Crippen molar-refractivity contribution in [2.75, 3.05) is 44.6 Å². The number of rotatable bonds is 5. The Hall–Kier alpha value is -2.84. The molecule has 1 fully saturated rings. The minimum Gasteiger partial charge on any atom is -0.310 e. The summed E-state index contributed by atoms with van der Waals surface area (Å²) in [5, 5.41) is 13.1. The molecule has 146 valence electrons. The van der Waals surface area contributed by atoms with Gasteiger partial charge in [0.1, 0.15) is 11.5 Å². The van der Waals surface area contributed by atoms with Gasteiger partial charge in [-0.25, -0.2) is 4.98 Å². The highest BCUT2D eigenvalue weighted by Crippen LogP contribution is 2.24. The molecule has 1 aliphatic rings. The van der Waals surface area contributed by atoms with Gasteiger partial charge in [-0.05, 0) is 24.1 Å². The summed E-state index contributed by atoms with van der Waals surface area (Å²) < 4.78 is 1.68. The van der Waals surface area contributed by atoms with E-state index in [1.165, 1.54) is 0 Å². The monoisotopic (exact) mass is 379 g/mol. The number of likely N-dealkylation sites (N-methyl/N-ethyl adjacent to an activating group) is 1. The lowest BCUT2D eigenvalue weighted by Crippen LogP contribution is -2.48. The highest BCUT2D eigenvalue weighted by molar-refractivity contribution is 5.94. The third-order valence-electron chi connectivity index (χ3n) is 5.17. The molecule has 3 aromatic rings. The van der Waals surface area contributed by atoms with Gasteiger partial charge in [-0.1, -0.05) is 24.3 Å². The topological polar surface area (TPSA) is 79.2 Å². The Morgan fingerprint density at radius 1 is 1.11 bits per heavy atom. The minimum atomic E-state index is -0.0260. The molecule has 8 heteroatoms. The zero-order valence-electron chi connectivity index (χ0n) is 16.3. The molecule has 1 aromatic carbocycles. The molecule has 1 aliphatic heterocycles. The number of nitrogens with zero attached hydrogens (tertiary/aromatic N) is 6.